The molecule has 0 saturated heterocycles. The van der Waals surface area contributed by atoms with Gasteiger partial charge in [-0.2, -0.15) is 0 Å². The fourth-order valence-electron chi connectivity index (χ4n) is 1.58. The van der Waals surface area contributed by atoms with E-state index in [4.69, 9.17) is 15.2 Å². The van der Waals surface area contributed by atoms with Crippen LogP contribution in [0.3, 0.4) is 0 Å². The first-order chi connectivity index (χ1) is 8.30. The van der Waals surface area contributed by atoms with Crippen molar-refractivity contribution < 1.29 is 9.47 Å². The third-order valence-corrected chi connectivity index (χ3v) is 3.32. The Morgan fingerprint density at radius 1 is 1.29 bits per heavy atom. The van der Waals surface area contributed by atoms with E-state index in [1.54, 1.807) is 25.6 Å². The van der Waals surface area contributed by atoms with E-state index < -0.39 is 0 Å². The summed E-state index contributed by atoms with van der Waals surface area (Å²) in [6, 6.07) is 5.74. The van der Waals surface area contributed by atoms with Crippen molar-refractivity contribution in [3.63, 3.8) is 0 Å². The van der Waals surface area contributed by atoms with E-state index in [9.17, 15) is 0 Å². The van der Waals surface area contributed by atoms with Crippen LogP contribution in [0.4, 0.5) is 0 Å². The lowest BCUT2D eigenvalue weighted by Gasteiger charge is -2.10. The van der Waals surface area contributed by atoms with E-state index >= 15 is 0 Å². The normalized spacial score (nSPS) is 10.3. The minimum absolute atomic E-state index is 0.447. The monoisotopic (exact) mass is 250 g/mol. The van der Waals surface area contributed by atoms with Crippen molar-refractivity contribution in [2.24, 2.45) is 5.73 Å². The summed E-state index contributed by atoms with van der Waals surface area (Å²) in [7, 11) is 3.24. The average Bonchev–Trinajstić information content (AvgIpc) is 2.86. The van der Waals surface area contributed by atoms with Crippen LogP contribution < -0.4 is 15.2 Å². The second-order valence-electron chi connectivity index (χ2n) is 3.39. The molecular formula is C12H14N2O2S. The highest BCUT2D eigenvalue weighted by atomic mass is 32.1. The minimum Gasteiger partial charge on any atom is -0.493 e. The highest BCUT2D eigenvalue weighted by Crippen LogP contribution is 2.38. The zero-order valence-corrected chi connectivity index (χ0v) is 10.6. The fourth-order valence-corrected chi connectivity index (χ4v) is 2.43. The van der Waals surface area contributed by atoms with Gasteiger partial charge in [0.05, 0.1) is 25.5 Å². The molecular weight excluding hydrogens is 236 g/mol. The molecule has 2 aromatic rings. The predicted molar refractivity (Wildman–Crippen MR) is 68.5 cm³/mol. The fraction of sp³-hybridized carbons (Fsp3) is 0.250. The van der Waals surface area contributed by atoms with Crippen LogP contribution in [0.2, 0.25) is 0 Å². The predicted octanol–water partition coefficient (Wildman–Crippen LogP) is 2.29. The van der Waals surface area contributed by atoms with Crippen molar-refractivity contribution >= 4 is 11.3 Å². The third kappa shape index (κ3) is 2.25. The van der Waals surface area contributed by atoms with E-state index in [0.717, 1.165) is 16.3 Å². The summed E-state index contributed by atoms with van der Waals surface area (Å²) in [4.78, 5) is 4.44. The number of aromatic nitrogens is 1. The smallest absolute Gasteiger partial charge is 0.170 e. The Labute approximate surface area is 104 Å². The van der Waals surface area contributed by atoms with Gasteiger partial charge in [0, 0.05) is 11.9 Å². The summed E-state index contributed by atoms with van der Waals surface area (Å²) in [5, 5.41) is 2.84. The van der Waals surface area contributed by atoms with Crippen LogP contribution in [0.1, 0.15) is 5.69 Å². The number of thiazole rings is 1. The van der Waals surface area contributed by atoms with Crippen LogP contribution in [0, 0.1) is 0 Å². The van der Waals surface area contributed by atoms with Gasteiger partial charge >= 0.3 is 0 Å². The van der Waals surface area contributed by atoms with E-state index in [1.807, 2.05) is 23.6 Å². The lowest BCUT2D eigenvalue weighted by atomic mass is 10.2. The van der Waals surface area contributed by atoms with E-state index in [-0.39, 0.29) is 0 Å². The van der Waals surface area contributed by atoms with Gasteiger partial charge in [-0.25, -0.2) is 4.98 Å². The minimum atomic E-state index is 0.447. The molecule has 0 aliphatic carbocycles. The second kappa shape index (κ2) is 5.16. The molecule has 0 fully saturated rings. The highest BCUT2D eigenvalue weighted by Gasteiger charge is 2.13. The van der Waals surface area contributed by atoms with Crippen LogP contribution >= 0.6 is 11.3 Å². The van der Waals surface area contributed by atoms with Crippen molar-refractivity contribution in [3.8, 4) is 22.1 Å². The SMILES string of the molecule is COc1cccc(-c2nc(CN)cs2)c1OC. The molecule has 4 nitrogen and oxygen atoms in total. The Morgan fingerprint density at radius 3 is 2.71 bits per heavy atom. The van der Waals surface area contributed by atoms with Crippen LogP contribution in [0.15, 0.2) is 23.6 Å². The second-order valence-corrected chi connectivity index (χ2v) is 4.25. The number of methoxy groups -OCH3 is 2. The first kappa shape index (κ1) is 11.9. The van der Waals surface area contributed by atoms with Gasteiger partial charge in [-0.1, -0.05) is 6.07 Å². The summed E-state index contributed by atoms with van der Waals surface area (Å²) < 4.78 is 10.6. The van der Waals surface area contributed by atoms with E-state index in [1.165, 1.54) is 0 Å². The number of hydrogen-bond donors (Lipinski definition) is 1. The number of ether oxygens (including phenoxy) is 2. The number of benzene rings is 1. The molecule has 1 heterocycles. The Morgan fingerprint density at radius 2 is 2.12 bits per heavy atom. The first-order valence-corrected chi connectivity index (χ1v) is 6.04. The van der Waals surface area contributed by atoms with E-state index in [0.29, 0.717) is 18.0 Å². The van der Waals surface area contributed by atoms with Crippen molar-refractivity contribution in [2.45, 2.75) is 6.54 Å². The van der Waals surface area contributed by atoms with Crippen molar-refractivity contribution in [3.05, 3.63) is 29.3 Å². The molecule has 0 bridgehead atoms. The lowest BCUT2D eigenvalue weighted by Crippen LogP contribution is -1.96. The van der Waals surface area contributed by atoms with Gasteiger partial charge in [-0.05, 0) is 12.1 Å². The maximum Gasteiger partial charge on any atom is 0.170 e. The van der Waals surface area contributed by atoms with Crippen LogP contribution in [0.25, 0.3) is 10.6 Å². The Bertz CT molecular complexity index is 511. The Hall–Kier alpha value is -1.59. The Balaban J connectivity index is 2.50. The maximum atomic E-state index is 5.56. The molecule has 5 heteroatoms. The molecule has 0 aliphatic rings. The van der Waals surface area contributed by atoms with E-state index in [2.05, 4.69) is 4.98 Å². The summed E-state index contributed by atoms with van der Waals surface area (Å²) in [5.74, 6) is 1.41. The Kier molecular flexibility index (Phi) is 3.61. The van der Waals surface area contributed by atoms with Crippen molar-refractivity contribution in [2.75, 3.05) is 14.2 Å². The van der Waals surface area contributed by atoms with Crippen LogP contribution in [0.5, 0.6) is 11.5 Å². The molecule has 90 valence electrons. The molecule has 1 aromatic heterocycles. The number of hydrogen-bond acceptors (Lipinski definition) is 5. The molecule has 0 spiro atoms. The largest absolute Gasteiger partial charge is 0.493 e. The van der Waals surface area contributed by atoms with Crippen molar-refractivity contribution in [1.82, 2.24) is 4.98 Å². The topological polar surface area (TPSA) is 57.4 Å². The molecule has 2 N–H and O–H groups in total. The molecule has 0 radical (unpaired) electrons. The maximum absolute atomic E-state index is 5.56. The molecule has 0 amide bonds. The lowest BCUT2D eigenvalue weighted by molar-refractivity contribution is 0.356. The molecule has 0 saturated carbocycles. The standard InChI is InChI=1S/C12H14N2O2S/c1-15-10-5-3-4-9(11(10)16-2)12-14-8(6-13)7-17-12/h3-5,7H,6,13H2,1-2H3. The van der Waals surface area contributed by atoms with Gasteiger partial charge in [0.15, 0.2) is 11.5 Å². The zero-order valence-electron chi connectivity index (χ0n) is 9.77. The van der Waals surface area contributed by atoms with Gasteiger partial charge in [0.25, 0.3) is 0 Å². The molecule has 0 unspecified atom stereocenters. The molecule has 1 aromatic carbocycles. The highest BCUT2D eigenvalue weighted by molar-refractivity contribution is 7.13. The molecule has 2 rings (SSSR count). The van der Waals surface area contributed by atoms with Gasteiger partial charge < -0.3 is 15.2 Å². The average molecular weight is 250 g/mol. The van der Waals surface area contributed by atoms with Crippen LogP contribution in [-0.4, -0.2) is 19.2 Å². The number of nitrogens with two attached hydrogens (primary N) is 1. The van der Waals surface area contributed by atoms with Gasteiger partial charge in [-0.15, -0.1) is 11.3 Å². The number of nitrogens with zero attached hydrogens (tertiary/aromatic N) is 1. The van der Waals surface area contributed by atoms with Gasteiger partial charge in [0.2, 0.25) is 0 Å². The number of rotatable bonds is 4. The van der Waals surface area contributed by atoms with Gasteiger partial charge in [-0.3, -0.25) is 0 Å². The molecule has 0 atom stereocenters. The first-order valence-electron chi connectivity index (χ1n) is 5.16. The third-order valence-electron chi connectivity index (χ3n) is 2.39. The molecule has 0 aliphatic heterocycles. The summed E-state index contributed by atoms with van der Waals surface area (Å²) in [6.07, 6.45) is 0. The van der Waals surface area contributed by atoms with Gasteiger partial charge in [0.1, 0.15) is 5.01 Å². The zero-order chi connectivity index (χ0) is 12.3. The summed E-state index contributed by atoms with van der Waals surface area (Å²) in [5.41, 5.74) is 7.37. The molecule has 17 heavy (non-hydrogen) atoms. The quantitative estimate of drug-likeness (QED) is 0.904. The van der Waals surface area contributed by atoms with Crippen molar-refractivity contribution in [1.29, 1.82) is 0 Å². The summed E-state index contributed by atoms with van der Waals surface area (Å²) in [6.45, 7) is 0.447. The number of para-hydroxylation sites is 1. The summed E-state index contributed by atoms with van der Waals surface area (Å²) >= 11 is 1.55. The van der Waals surface area contributed by atoms with Crippen LogP contribution in [-0.2, 0) is 6.54 Å².